The van der Waals surface area contributed by atoms with Crippen LogP contribution in [0.5, 0.6) is 0 Å². The third-order valence-electron chi connectivity index (χ3n) is 5.83. The number of hydrogen-bond donors (Lipinski definition) is 1. The van der Waals surface area contributed by atoms with Crippen LogP contribution in [0.4, 0.5) is 0 Å². The number of aromatic nitrogens is 1. The van der Waals surface area contributed by atoms with E-state index in [1.165, 1.54) is 4.31 Å². The second-order valence-electron chi connectivity index (χ2n) is 8.56. The maximum atomic E-state index is 13.5. The first-order chi connectivity index (χ1) is 15.7. The van der Waals surface area contributed by atoms with Crippen LogP contribution in [0.2, 0.25) is 0 Å². The molecule has 33 heavy (non-hydrogen) atoms. The molecule has 0 aliphatic heterocycles. The molecule has 170 valence electrons. The summed E-state index contributed by atoms with van der Waals surface area (Å²) in [6.45, 7) is 6.25. The summed E-state index contributed by atoms with van der Waals surface area (Å²) in [5.74, 6) is 0. The number of sulfonamides is 1. The van der Waals surface area contributed by atoms with Gasteiger partial charge in [-0.2, -0.15) is 4.31 Å². The Morgan fingerprint density at radius 2 is 1.61 bits per heavy atom. The number of aryl methyl sites for hydroxylation is 3. The van der Waals surface area contributed by atoms with E-state index in [4.69, 9.17) is 0 Å². The van der Waals surface area contributed by atoms with Crippen molar-refractivity contribution in [2.24, 2.45) is 0 Å². The Morgan fingerprint density at radius 3 is 2.33 bits per heavy atom. The van der Waals surface area contributed by atoms with Gasteiger partial charge in [0.1, 0.15) is 0 Å². The number of hydrogen-bond acceptors (Lipinski definition) is 3. The molecular weight excluding hydrogens is 432 g/mol. The number of aromatic amines is 1. The average Bonchev–Trinajstić information content (AvgIpc) is 2.78. The predicted octanol–water partition coefficient (Wildman–Crippen LogP) is 4.89. The van der Waals surface area contributed by atoms with E-state index in [1.54, 1.807) is 30.3 Å². The lowest BCUT2D eigenvalue weighted by atomic mass is 10.1. The Morgan fingerprint density at radius 1 is 0.848 bits per heavy atom. The highest BCUT2D eigenvalue weighted by Gasteiger charge is 2.25. The molecule has 0 aliphatic rings. The Labute approximate surface area is 194 Å². The minimum absolute atomic E-state index is 0.00130. The van der Waals surface area contributed by atoms with Gasteiger partial charge in [0, 0.05) is 18.7 Å². The quantitative estimate of drug-likeness (QED) is 0.427. The van der Waals surface area contributed by atoms with Crippen molar-refractivity contribution in [1.82, 2.24) is 9.29 Å². The second-order valence-corrected chi connectivity index (χ2v) is 10.5. The SMILES string of the molecule is Cc1cccc(CCN(Cc2cc3cc(C)cc(C)c3[nH]c2=O)S(=O)(=O)c2ccccc2)c1. The lowest BCUT2D eigenvalue weighted by molar-refractivity contribution is 0.408. The molecule has 0 saturated heterocycles. The van der Waals surface area contributed by atoms with Crippen molar-refractivity contribution in [2.75, 3.05) is 6.54 Å². The lowest BCUT2D eigenvalue weighted by Crippen LogP contribution is -2.34. The molecule has 0 saturated carbocycles. The monoisotopic (exact) mass is 460 g/mol. The molecule has 0 atom stereocenters. The highest BCUT2D eigenvalue weighted by molar-refractivity contribution is 7.89. The van der Waals surface area contributed by atoms with E-state index in [0.29, 0.717) is 12.0 Å². The number of pyridine rings is 1. The van der Waals surface area contributed by atoms with Crippen molar-refractivity contribution in [2.45, 2.75) is 38.6 Å². The van der Waals surface area contributed by atoms with Crippen molar-refractivity contribution in [3.05, 3.63) is 111 Å². The normalized spacial score (nSPS) is 11.9. The molecule has 1 aromatic heterocycles. The number of rotatable bonds is 7. The summed E-state index contributed by atoms with van der Waals surface area (Å²) >= 11 is 0. The van der Waals surface area contributed by atoms with E-state index in [9.17, 15) is 13.2 Å². The highest BCUT2D eigenvalue weighted by atomic mass is 32.2. The van der Waals surface area contributed by atoms with E-state index in [0.717, 1.165) is 33.2 Å². The lowest BCUT2D eigenvalue weighted by Gasteiger charge is -2.22. The molecule has 0 amide bonds. The molecule has 6 heteroatoms. The van der Waals surface area contributed by atoms with Crippen LogP contribution in [0.25, 0.3) is 10.9 Å². The van der Waals surface area contributed by atoms with Gasteiger partial charge in [0.05, 0.1) is 10.4 Å². The first-order valence-corrected chi connectivity index (χ1v) is 12.4. The molecule has 4 rings (SSSR count). The van der Waals surface area contributed by atoms with Gasteiger partial charge in [-0.3, -0.25) is 4.79 Å². The summed E-state index contributed by atoms with van der Waals surface area (Å²) in [4.78, 5) is 16.1. The number of nitrogens with zero attached hydrogens (tertiary/aromatic N) is 1. The average molecular weight is 461 g/mol. The van der Waals surface area contributed by atoms with Gasteiger partial charge >= 0.3 is 0 Å². The number of fused-ring (bicyclic) bond motifs is 1. The molecular formula is C27H28N2O3S. The molecule has 0 aliphatic carbocycles. The van der Waals surface area contributed by atoms with Gasteiger partial charge in [-0.1, -0.05) is 59.7 Å². The number of benzene rings is 3. The van der Waals surface area contributed by atoms with Gasteiger partial charge in [0.25, 0.3) is 5.56 Å². The summed E-state index contributed by atoms with van der Waals surface area (Å²) < 4.78 is 28.4. The third kappa shape index (κ3) is 5.07. The zero-order valence-corrected chi connectivity index (χ0v) is 19.9. The first-order valence-electron chi connectivity index (χ1n) is 11.0. The molecule has 0 fully saturated rings. The summed E-state index contributed by atoms with van der Waals surface area (Å²) in [7, 11) is -3.79. The number of H-pyrrole nitrogens is 1. The van der Waals surface area contributed by atoms with Crippen LogP contribution in [-0.2, 0) is 23.0 Å². The summed E-state index contributed by atoms with van der Waals surface area (Å²) in [5, 5.41) is 0.901. The van der Waals surface area contributed by atoms with Gasteiger partial charge < -0.3 is 4.98 Å². The van der Waals surface area contributed by atoms with Crippen molar-refractivity contribution >= 4 is 20.9 Å². The fraction of sp³-hybridized carbons (Fsp3) is 0.222. The van der Waals surface area contributed by atoms with Crippen LogP contribution in [0, 0.1) is 20.8 Å². The molecule has 0 unspecified atom stereocenters. The van der Waals surface area contributed by atoms with Gasteiger partial charge in [-0.05, 0) is 68.0 Å². The molecule has 5 nitrogen and oxygen atoms in total. The topological polar surface area (TPSA) is 70.2 Å². The smallest absolute Gasteiger partial charge is 0.252 e. The van der Waals surface area contributed by atoms with Crippen molar-refractivity contribution in [1.29, 1.82) is 0 Å². The molecule has 0 spiro atoms. The number of nitrogens with one attached hydrogen (secondary N) is 1. The van der Waals surface area contributed by atoms with Crippen LogP contribution in [0.1, 0.15) is 27.8 Å². The maximum absolute atomic E-state index is 13.5. The summed E-state index contributed by atoms with van der Waals surface area (Å²) in [6.07, 6.45) is 0.553. The van der Waals surface area contributed by atoms with Gasteiger partial charge in [0.2, 0.25) is 10.0 Å². The van der Waals surface area contributed by atoms with E-state index in [1.807, 2.05) is 57.2 Å². The molecule has 3 aromatic carbocycles. The second kappa shape index (κ2) is 9.33. The van der Waals surface area contributed by atoms with E-state index in [2.05, 4.69) is 11.1 Å². The fourth-order valence-corrected chi connectivity index (χ4v) is 5.63. The Bertz CT molecular complexity index is 1460. The Kier molecular flexibility index (Phi) is 6.49. The maximum Gasteiger partial charge on any atom is 0.252 e. The van der Waals surface area contributed by atoms with E-state index < -0.39 is 10.0 Å². The third-order valence-corrected chi connectivity index (χ3v) is 7.69. The van der Waals surface area contributed by atoms with Crippen molar-refractivity contribution in [3.8, 4) is 0 Å². The van der Waals surface area contributed by atoms with Crippen LogP contribution in [0.15, 0.2) is 82.5 Å². The molecule has 0 bridgehead atoms. The van der Waals surface area contributed by atoms with E-state index in [-0.39, 0.29) is 23.5 Å². The minimum Gasteiger partial charge on any atom is -0.321 e. The van der Waals surface area contributed by atoms with Crippen LogP contribution < -0.4 is 5.56 Å². The minimum atomic E-state index is -3.79. The predicted molar refractivity (Wildman–Crippen MR) is 133 cm³/mol. The highest BCUT2D eigenvalue weighted by Crippen LogP contribution is 2.22. The molecule has 0 radical (unpaired) electrons. The van der Waals surface area contributed by atoms with E-state index >= 15 is 0 Å². The molecule has 1 heterocycles. The largest absolute Gasteiger partial charge is 0.321 e. The summed E-state index contributed by atoms with van der Waals surface area (Å²) in [6, 6.07) is 22.3. The standard InChI is InChI=1S/C27H28N2O3S/c1-19-8-7-9-22(15-19)12-13-29(33(31,32)25-10-5-4-6-11-25)18-24-17-23-16-20(2)14-21(3)26(23)28-27(24)30/h4-11,14-17H,12-13,18H2,1-3H3,(H,28,30). The van der Waals surface area contributed by atoms with Crippen LogP contribution in [0.3, 0.4) is 0 Å². The molecule has 4 aromatic rings. The van der Waals surface area contributed by atoms with Crippen molar-refractivity contribution in [3.63, 3.8) is 0 Å². The Hall–Kier alpha value is -3.22. The van der Waals surface area contributed by atoms with Crippen LogP contribution >= 0.6 is 0 Å². The zero-order valence-electron chi connectivity index (χ0n) is 19.1. The molecule has 1 N–H and O–H groups in total. The first kappa shape index (κ1) is 23.0. The van der Waals surface area contributed by atoms with Gasteiger partial charge in [0.15, 0.2) is 0 Å². The fourth-order valence-electron chi connectivity index (χ4n) is 4.19. The van der Waals surface area contributed by atoms with Gasteiger partial charge in [-0.25, -0.2) is 8.42 Å². The van der Waals surface area contributed by atoms with Crippen LogP contribution in [-0.4, -0.2) is 24.3 Å². The Balaban J connectivity index is 1.73. The van der Waals surface area contributed by atoms with Gasteiger partial charge in [-0.15, -0.1) is 0 Å². The van der Waals surface area contributed by atoms with Crippen molar-refractivity contribution < 1.29 is 8.42 Å². The zero-order chi connectivity index (χ0) is 23.6. The summed E-state index contributed by atoms with van der Waals surface area (Å²) in [5.41, 5.74) is 5.21.